The van der Waals surface area contributed by atoms with Crippen molar-refractivity contribution in [1.82, 2.24) is 9.55 Å². The summed E-state index contributed by atoms with van der Waals surface area (Å²) in [6.45, 7) is 0. The minimum atomic E-state index is 0.169. The molecule has 0 saturated heterocycles. The van der Waals surface area contributed by atoms with E-state index < -0.39 is 0 Å². The molecule has 1 aliphatic heterocycles. The molecule has 2 aromatic rings. The SMILES string of the molecule is Cn1c(NC2CCCCC2)nc(/C=c2\ccc3c(c2)N=CN=3)c1O. The van der Waals surface area contributed by atoms with Gasteiger partial charge in [-0.1, -0.05) is 25.3 Å². The molecule has 124 valence electrons. The van der Waals surface area contributed by atoms with Gasteiger partial charge in [-0.15, -0.1) is 0 Å². The number of aromatic hydroxyl groups is 1. The monoisotopic (exact) mass is 323 g/mol. The fourth-order valence-electron chi connectivity index (χ4n) is 3.32. The first kappa shape index (κ1) is 14.9. The molecule has 1 aromatic carbocycles. The third-order valence-electron chi connectivity index (χ3n) is 4.73. The molecular formula is C18H21N5O. The first-order valence-electron chi connectivity index (χ1n) is 8.45. The quantitative estimate of drug-likeness (QED) is 0.907. The summed E-state index contributed by atoms with van der Waals surface area (Å²) in [5.74, 6) is 0.891. The molecule has 0 radical (unpaired) electrons. The second-order valence-corrected chi connectivity index (χ2v) is 6.45. The summed E-state index contributed by atoms with van der Waals surface area (Å²) < 4.78 is 1.71. The van der Waals surface area contributed by atoms with Crippen LogP contribution in [0.4, 0.5) is 11.6 Å². The van der Waals surface area contributed by atoms with Crippen LogP contribution in [0.15, 0.2) is 28.2 Å². The number of aliphatic imine (C=N–C) groups is 1. The zero-order valence-corrected chi connectivity index (χ0v) is 13.7. The maximum Gasteiger partial charge on any atom is 0.220 e. The van der Waals surface area contributed by atoms with Crippen LogP contribution < -0.4 is 15.9 Å². The van der Waals surface area contributed by atoms with Gasteiger partial charge in [0.1, 0.15) is 12.0 Å². The highest BCUT2D eigenvalue weighted by Crippen LogP contribution is 2.25. The molecule has 0 atom stereocenters. The lowest BCUT2D eigenvalue weighted by Gasteiger charge is -2.23. The van der Waals surface area contributed by atoms with Crippen molar-refractivity contribution in [2.24, 2.45) is 17.0 Å². The highest BCUT2D eigenvalue weighted by Gasteiger charge is 2.18. The van der Waals surface area contributed by atoms with Crippen molar-refractivity contribution in [2.75, 3.05) is 5.32 Å². The predicted octanol–water partition coefficient (Wildman–Crippen LogP) is 1.99. The highest BCUT2D eigenvalue weighted by molar-refractivity contribution is 5.67. The Bertz CT molecular complexity index is 906. The summed E-state index contributed by atoms with van der Waals surface area (Å²) in [4.78, 5) is 13.0. The van der Waals surface area contributed by atoms with E-state index in [0.29, 0.717) is 11.7 Å². The zero-order chi connectivity index (χ0) is 16.5. The summed E-state index contributed by atoms with van der Waals surface area (Å²) in [6, 6.07) is 6.28. The molecule has 6 nitrogen and oxygen atoms in total. The second kappa shape index (κ2) is 6.11. The molecule has 2 aliphatic rings. The molecule has 2 heterocycles. The fraction of sp³-hybridized carbons (Fsp3) is 0.389. The Hall–Kier alpha value is -2.63. The second-order valence-electron chi connectivity index (χ2n) is 6.45. The van der Waals surface area contributed by atoms with Crippen LogP contribution in [-0.2, 0) is 7.05 Å². The molecule has 0 bridgehead atoms. The van der Waals surface area contributed by atoms with E-state index in [1.165, 1.54) is 32.1 Å². The molecule has 1 aromatic heterocycles. The van der Waals surface area contributed by atoms with Crippen LogP contribution in [0.1, 0.15) is 37.8 Å². The average molecular weight is 323 g/mol. The van der Waals surface area contributed by atoms with Crippen LogP contribution in [0.2, 0.25) is 0 Å². The van der Waals surface area contributed by atoms with Crippen LogP contribution >= 0.6 is 0 Å². The first-order chi connectivity index (χ1) is 11.7. The van der Waals surface area contributed by atoms with E-state index in [9.17, 15) is 5.11 Å². The summed E-state index contributed by atoms with van der Waals surface area (Å²) in [5.41, 5.74) is 1.41. The summed E-state index contributed by atoms with van der Waals surface area (Å²) in [5, 5.41) is 15.7. The molecule has 1 saturated carbocycles. The lowest BCUT2D eigenvalue weighted by Crippen LogP contribution is -2.23. The molecular weight excluding hydrogens is 302 g/mol. The van der Waals surface area contributed by atoms with E-state index in [2.05, 4.69) is 20.3 Å². The smallest absolute Gasteiger partial charge is 0.220 e. The van der Waals surface area contributed by atoms with Crippen molar-refractivity contribution in [3.63, 3.8) is 0 Å². The third-order valence-corrected chi connectivity index (χ3v) is 4.73. The van der Waals surface area contributed by atoms with Crippen molar-refractivity contribution in [3.8, 4) is 5.88 Å². The molecule has 0 amide bonds. The molecule has 2 N–H and O–H groups in total. The number of aromatic nitrogens is 2. The van der Waals surface area contributed by atoms with Gasteiger partial charge in [0, 0.05) is 13.1 Å². The van der Waals surface area contributed by atoms with Crippen molar-refractivity contribution < 1.29 is 5.11 Å². The largest absolute Gasteiger partial charge is 0.493 e. The number of anilines is 1. The van der Waals surface area contributed by atoms with Gasteiger partial charge in [0.2, 0.25) is 11.8 Å². The molecule has 0 unspecified atom stereocenters. The lowest BCUT2D eigenvalue weighted by molar-refractivity contribution is 0.428. The Morgan fingerprint density at radius 1 is 1.25 bits per heavy atom. The van der Waals surface area contributed by atoms with E-state index in [4.69, 9.17) is 0 Å². The summed E-state index contributed by atoms with van der Waals surface area (Å²) >= 11 is 0. The van der Waals surface area contributed by atoms with Gasteiger partial charge in [0.15, 0.2) is 0 Å². The minimum Gasteiger partial charge on any atom is -0.493 e. The Balaban J connectivity index is 1.64. The zero-order valence-electron chi connectivity index (χ0n) is 13.7. The summed E-state index contributed by atoms with van der Waals surface area (Å²) in [6.07, 6.45) is 9.59. The van der Waals surface area contributed by atoms with Gasteiger partial charge in [0.05, 0.1) is 11.0 Å². The number of hydrogen-bond acceptors (Lipinski definition) is 5. The fourth-order valence-corrected chi connectivity index (χ4v) is 3.32. The van der Waals surface area contributed by atoms with Gasteiger partial charge >= 0.3 is 0 Å². The Kier molecular flexibility index (Phi) is 3.80. The number of fused-ring (bicyclic) bond motifs is 1. The average Bonchev–Trinajstić information content (AvgIpc) is 3.16. The standard InChI is InChI=1S/C18H21N5O/c1-23-17(24)16(22-18(23)21-13-5-3-2-4-6-13)10-12-7-8-14-15(9-12)20-11-19-14/h7-11,13,24H,2-6H2,1H3,(H,21,22)/b12-10+. The normalized spacial score (nSPS) is 17.8. The predicted molar refractivity (Wildman–Crippen MR) is 94.3 cm³/mol. The maximum absolute atomic E-state index is 10.4. The maximum atomic E-state index is 10.4. The Labute approximate surface area is 140 Å². The first-order valence-corrected chi connectivity index (χ1v) is 8.45. The van der Waals surface area contributed by atoms with E-state index in [1.807, 2.05) is 31.3 Å². The topological polar surface area (TPSA) is 74.8 Å². The van der Waals surface area contributed by atoms with E-state index >= 15 is 0 Å². The number of hydrogen-bond donors (Lipinski definition) is 2. The number of nitrogens with zero attached hydrogens (tertiary/aromatic N) is 4. The van der Waals surface area contributed by atoms with Crippen LogP contribution in [0.3, 0.4) is 0 Å². The van der Waals surface area contributed by atoms with E-state index in [1.54, 1.807) is 10.9 Å². The Morgan fingerprint density at radius 3 is 2.92 bits per heavy atom. The van der Waals surface area contributed by atoms with Gasteiger partial charge in [-0.05, 0) is 36.3 Å². The van der Waals surface area contributed by atoms with Crippen LogP contribution in [0, 0.1) is 0 Å². The highest BCUT2D eigenvalue weighted by atomic mass is 16.3. The van der Waals surface area contributed by atoms with Crippen molar-refractivity contribution in [1.29, 1.82) is 0 Å². The molecule has 1 aliphatic carbocycles. The van der Waals surface area contributed by atoms with Crippen LogP contribution in [0.25, 0.3) is 6.08 Å². The molecule has 6 heteroatoms. The van der Waals surface area contributed by atoms with Gasteiger partial charge in [0.25, 0.3) is 0 Å². The number of imidazole rings is 1. The molecule has 1 fully saturated rings. The number of benzene rings is 1. The number of rotatable bonds is 3. The van der Waals surface area contributed by atoms with Crippen molar-refractivity contribution >= 4 is 24.1 Å². The van der Waals surface area contributed by atoms with Crippen LogP contribution in [-0.4, -0.2) is 27.0 Å². The van der Waals surface area contributed by atoms with Crippen molar-refractivity contribution in [2.45, 2.75) is 38.1 Å². The van der Waals surface area contributed by atoms with E-state index in [-0.39, 0.29) is 5.88 Å². The van der Waals surface area contributed by atoms with Gasteiger partial charge < -0.3 is 10.4 Å². The van der Waals surface area contributed by atoms with Gasteiger partial charge in [-0.2, -0.15) is 0 Å². The van der Waals surface area contributed by atoms with Crippen molar-refractivity contribution in [3.05, 3.63) is 34.5 Å². The molecule has 4 rings (SSSR count). The number of nitrogens with one attached hydrogen (secondary N) is 1. The third kappa shape index (κ3) is 2.79. The van der Waals surface area contributed by atoms with Gasteiger partial charge in [-0.3, -0.25) is 4.57 Å². The minimum absolute atomic E-state index is 0.169. The lowest BCUT2D eigenvalue weighted by atomic mass is 9.96. The van der Waals surface area contributed by atoms with E-state index in [0.717, 1.165) is 22.2 Å². The van der Waals surface area contributed by atoms with Crippen LogP contribution in [0.5, 0.6) is 5.88 Å². The van der Waals surface area contributed by atoms with Gasteiger partial charge in [-0.25, -0.2) is 15.0 Å². The molecule has 24 heavy (non-hydrogen) atoms. The molecule has 0 spiro atoms. The summed E-state index contributed by atoms with van der Waals surface area (Å²) in [7, 11) is 1.83. The Morgan fingerprint density at radius 2 is 2.08 bits per heavy atom.